The molecule has 38 heavy (non-hydrogen) atoms. The van der Waals surface area contributed by atoms with E-state index in [0.29, 0.717) is 19.8 Å². The van der Waals surface area contributed by atoms with Crippen LogP contribution in [0, 0.1) is 0 Å². The monoisotopic (exact) mass is 622 g/mol. The van der Waals surface area contributed by atoms with E-state index in [1.165, 1.54) is 0 Å². The van der Waals surface area contributed by atoms with E-state index in [1.807, 2.05) is 0 Å². The van der Waals surface area contributed by atoms with Crippen molar-refractivity contribution in [3.8, 4) is 0 Å². The molecule has 0 aliphatic rings. The molecule has 0 spiro atoms. The number of rotatable bonds is 13. The summed E-state index contributed by atoms with van der Waals surface area (Å²) < 4.78 is 13.9. The second-order valence-corrected chi connectivity index (χ2v) is 5.73. The van der Waals surface area contributed by atoms with Gasteiger partial charge in [-0.05, 0) is 19.3 Å². The summed E-state index contributed by atoms with van der Waals surface area (Å²) in [6.45, 7) is 2.68. The Kier molecular flexibility index (Phi) is 161. The summed E-state index contributed by atoms with van der Waals surface area (Å²) in [5, 5.41) is 46.0. The molecule has 0 amide bonds. The third-order valence-electron chi connectivity index (χ3n) is 2.25. The molecule has 0 aromatic rings. The Morgan fingerprint density at radius 1 is 0.474 bits per heavy atom. The average Bonchev–Trinajstić information content (AvgIpc) is 2.89. The SMILES string of the molecule is COCCCO.COCCCO.COCCCO.C[N-]C.C[N-]C.C[N-]C=C[N-]C.C[N-]C=C[N-]C.[Ti+2].[Ti+4]. The van der Waals surface area contributed by atoms with Crippen LogP contribution in [0.2, 0.25) is 0 Å². The van der Waals surface area contributed by atoms with E-state index in [-0.39, 0.29) is 63.3 Å². The maximum Gasteiger partial charge on any atom is 4.00 e. The quantitative estimate of drug-likeness (QED) is 0.205. The van der Waals surface area contributed by atoms with Gasteiger partial charge in [0.2, 0.25) is 0 Å². The molecule has 0 heterocycles. The first-order valence-corrected chi connectivity index (χ1v) is 11.3. The van der Waals surface area contributed by atoms with Crippen molar-refractivity contribution < 1.29 is 73.0 Å². The van der Waals surface area contributed by atoms with Crippen LogP contribution in [0.15, 0.2) is 24.8 Å². The number of hydrogen-bond donors (Lipinski definition) is 3. The number of aliphatic hydroxyl groups excluding tert-OH is 3. The zero-order valence-electron chi connectivity index (χ0n) is 25.9. The van der Waals surface area contributed by atoms with Crippen molar-refractivity contribution in [3.05, 3.63) is 56.7 Å². The second kappa shape index (κ2) is 99.3. The summed E-state index contributed by atoms with van der Waals surface area (Å²) in [6, 6.07) is 0. The van der Waals surface area contributed by atoms with Gasteiger partial charge < -0.3 is 61.4 Å². The number of methoxy groups -OCH3 is 3. The number of hydrogen-bond acceptors (Lipinski definition) is 6. The normalized spacial score (nSPS) is 8.05. The third kappa shape index (κ3) is 198. The van der Waals surface area contributed by atoms with Gasteiger partial charge in [-0.1, -0.05) is 0 Å². The fourth-order valence-corrected chi connectivity index (χ4v) is 0.893. The first kappa shape index (κ1) is 61.7. The van der Waals surface area contributed by atoms with E-state index >= 15 is 0 Å². The van der Waals surface area contributed by atoms with Crippen LogP contribution in [0.3, 0.4) is 0 Å². The Labute approximate surface area is 265 Å². The van der Waals surface area contributed by atoms with E-state index in [4.69, 9.17) is 15.3 Å². The van der Waals surface area contributed by atoms with Crippen molar-refractivity contribution in [2.75, 3.05) is 117 Å². The Bertz CT molecular complexity index is 259. The molecule has 0 radical (unpaired) electrons. The van der Waals surface area contributed by atoms with E-state index in [2.05, 4.69) is 46.1 Å². The maximum absolute atomic E-state index is 8.12. The molecule has 0 saturated carbocycles. The van der Waals surface area contributed by atoms with Gasteiger partial charge in [-0.25, -0.2) is 24.8 Å². The van der Waals surface area contributed by atoms with Crippen molar-refractivity contribution in [1.82, 2.24) is 0 Å². The van der Waals surface area contributed by atoms with Gasteiger partial charge in [-0.3, -0.25) is 0 Å². The Balaban J connectivity index is -0.0000000371. The van der Waals surface area contributed by atoms with Crippen LogP contribution in [0.4, 0.5) is 0 Å². The third-order valence-corrected chi connectivity index (χ3v) is 2.25. The fourth-order valence-electron chi connectivity index (χ4n) is 0.893. The molecule has 0 atom stereocenters. The summed E-state index contributed by atoms with van der Waals surface area (Å²) in [5.74, 6) is 0. The van der Waals surface area contributed by atoms with Crippen LogP contribution < -0.4 is 0 Å². The van der Waals surface area contributed by atoms with Crippen LogP contribution in [-0.4, -0.2) is 133 Å². The zero-order valence-corrected chi connectivity index (χ0v) is 29.0. The zero-order chi connectivity index (χ0) is 29.6. The predicted octanol–water partition coefficient (Wildman–Crippen LogP) is 4.21. The molecular formula is C24H58N6O6Ti2. The fraction of sp³-hybridized carbons (Fsp3) is 0.833. The van der Waals surface area contributed by atoms with Crippen molar-refractivity contribution in [3.63, 3.8) is 0 Å². The van der Waals surface area contributed by atoms with E-state index in [1.54, 1.807) is 103 Å². The molecule has 0 unspecified atom stereocenters. The molecule has 228 valence electrons. The minimum Gasteiger partial charge on any atom is -0.695 e. The minimum absolute atomic E-state index is 0. The van der Waals surface area contributed by atoms with E-state index in [9.17, 15) is 0 Å². The molecule has 12 nitrogen and oxygen atoms in total. The largest absolute Gasteiger partial charge is 4.00 e. The van der Waals surface area contributed by atoms with Crippen molar-refractivity contribution in [2.24, 2.45) is 0 Å². The number of ether oxygens (including phenoxy) is 3. The second-order valence-electron chi connectivity index (χ2n) is 5.73. The van der Waals surface area contributed by atoms with Gasteiger partial charge in [0.15, 0.2) is 0 Å². The predicted molar refractivity (Wildman–Crippen MR) is 157 cm³/mol. The van der Waals surface area contributed by atoms with Crippen LogP contribution in [0.25, 0.3) is 31.9 Å². The summed E-state index contributed by atoms with van der Waals surface area (Å²) in [6.07, 6.45) is 8.80. The molecule has 0 bridgehead atoms. The summed E-state index contributed by atoms with van der Waals surface area (Å²) in [4.78, 5) is 0. The molecule has 0 saturated heterocycles. The van der Waals surface area contributed by atoms with Gasteiger partial charge in [-0.15, -0.1) is 28.2 Å². The molecule has 0 aliphatic heterocycles. The van der Waals surface area contributed by atoms with E-state index in [0.717, 1.165) is 19.3 Å². The Hall–Kier alpha value is -0.211. The van der Waals surface area contributed by atoms with Gasteiger partial charge >= 0.3 is 43.4 Å². The Morgan fingerprint density at radius 2 is 0.632 bits per heavy atom. The van der Waals surface area contributed by atoms with Crippen LogP contribution in [-0.2, 0) is 57.6 Å². The van der Waals surface area contributed by atoms with Gasteiger partial charge in [0, 0.05) is 61.0 Å². The van der Waals surface area contributed by atoms with Gasteiger partial charge in [0.05, 0.1) is 0 Å². The number of aliphatic hydroxyl groups is 3. The Morgan fingerprint density at radius 3 is 0.684 bits per heavy atom. The summed E-state index contributed by atoms with van der Waals surface area (Å²) in [5.41, 5.74) is 0. The molecule has 0 aromatic carbocycles. The molecule has 0 fully saturated rings. The first-order valence-electron chi connectivity index (χ1n) is 11.3. The minimum atomic E-state index is 0. The standard InChI is InChI=1S/2C4H8N2.3C4H10O2.2C2H6N.2Ti/c2*1-5-3-4-6-2;3*1-6-4-2-3-5;2*1-3-2;;/h2*3-4H,1-2H3;3*5H,2-4H2,1H3;2*1-2H3;;/q2*-2;;;;2*-1;+2;+4. The van der Waals surface area contributed by atoms with Gasteiger partial charge in [0.25, 0.3) is 0 Å². The first-order chi connectivity index (χ1) is 17.4. The molecule has 0 rings (SSSR count). The van der Waals surface area contributed by atoms with Gasteiger partial charge in [0.1, 0.15) is 0 Å². The van der Waals surface area contributed by atoms with Crippen LogP contribution in [0.1, 0.15) is 19.3 Å². The smallest absolute Gasteiger partial charge is 0.695 e. The van der Waals surface area contributed by atoms with E-state index < -0.39 is 0 Å². The van der Waals surface area contributed by atoms with Crippen LogP contribution >= 0.6 is 0 Å². The molecule has 3 N–H and O–H groups in total. The van der Waals surface area contributed by atoms with Crippen LogP contribution in [0.5, 0.6) is 0 Å². The maximum atomic E-state index is 8.12. The molecule has 0 aliphatic carbocycles. The summed E-state index contributed by atoms with van der Waals surface area (Å²) >= 11 is 0. The summed E-state index contributed by atoms with van der Waals surface area (Å²) in [7, 11) is 18.7. The molecule has 14 heteroatoms. The molecule has 0 aromatic heterocycles. The average molecular weight is 622 g/mol. The topological polar surface area (TPSA) is 173 Å². The molecular weight excluding hydrogens is 564 g/mol. The van der Waals surface area contributed by atoms with Crippen molar-refractivity contribution in [1.29, 1.82) is 0 Å². The number of nitrogens with zero attached hydrogens (tertiary/aromatic N) is 6. The van der Waals surface area contributed by atoms with Crippen molar-refractivity contribution in [2.45, 2.75) is 19.3 Å². The van der Waals surface area contributed by atoms with Gasteiger partial charge in [-0.2, -0.15) is 28.2 Å². The van der Waals surface area contributed by atoms with Crippen molar-refractivity contribution >= 4 is 0 Å².